The Morgan fingerprint density at radius 2 is 1.35 bits per heavy atom. The molecule has 6 heteroatoms. The number of rotatable bonds is 8. The van der Waals surface area contributed by atoms with E-state index in [-0.39, 0.29) is 0 Å². The first-order valence-electron chi connectivity index (χ1n) is 9.26. The fourth-order valence-corrected chi connectivity index (χ4v) is 2.67. The van der Waals surface area contributed by atoms with Crippen molar-refractivity contribution in [2.24, 2.45) is 0 Å². The minimum atomic E-state index is -6.00. The number of hydrogen-bond acceptors (Lipinski definition) is 0. The van der Waals surface area contributed by atoms with E-state index in [2.05, 4.69) is 67.1 Å². The summed E-state index contributed by atoms with van der Waals surface area (Å²) < 4.78 is 41.5. The number of halogens is 4. The van der Waals surface area contributed by atoms with E-state index >= 15 is 0 Å². The minimum Gasteiger partial charge on any atom is -0.418 e. The van der Waals surface area contributed by atoms with Crippen LogP contribution in [0, 0.1) is 0 Å². The molecule has 1 aromatic carbocycles. The van der Waals surface area contributed by atoms with E-state index in [9.17, 15) is 17.3 Å². The number of unbranched alkanes of at least 4 members (excludes halogenated alkanes) is 2. The molecule has 0 aliphatic rings. The molecule has 0 aliphatic heterocycles. The molecule has 2 rings (SSSR count). The summed E-state index contributed by atoms with van der Waals surface area (Å²) in [4.78, 5) is 0. The average molecular weight is 369 g/mol. The smallest absolute Gasteiger partial charge is 0.418 e. The van der Waals surface area contributed by atoms with Crippen LogP contribution in [-0.4, -0.2) is 7.25 Å². The second kappa shape index (κ2) is 11.7. The van der Waals surface area contributed by atoms with E-state index in [0.717, 1.165) is 6.54 Å². The van der Waals surface area contributed by atoms with E-state index < -0.39 is 7.25 Å². The summed E-state index contributed by atoms with van der Waals surface area (Å²) in [7, 11) is -6.00. The second-order valence-electron chi connectivity index (χ2n) is 6.34. The van der Waals surface area contributed by atoms with Crippen molar-refractivity contribution in [3.05, 3.63) is 65.5 Å². The molecule has 1 aromatic heterocycles. The van der Waals surface area contributed by atoms with Crippen molar-refractivity contribution in [2.75, 3.05) is 0 Å². The highest BCUT2D eigenvalue weighted by Crippen LogP contribution is 2.08. The van der Waals surface area contributed by atoms with Gasteiger partial charge in [-0.1, -0.05) is 57.0 Å². The van der Waals surface area contributed by atoms with Crippen LogP contribution >= 0.6 is 0 Å². The number of nitrogens with zero attached hydrogens (tertiary/aromatic N) is 1. The molecule has 1 nitrogen and oxygen atoms in total. The van der Waals surface area contributed by atoms with Crippen LogP contribution in [0.1, 0.15) is 56.4 Å². The lowest BCUT2D eigenvalue weighted by Crippen LogP contribution is -2.39. The SMILES string of the molecule is CCCCc1ccc(CCCC)[n+](Cc2ccccc2)c1.F[B-](F)(F)F. The standard InChI is InChI=1S/C20H28N.BF4/c1-3-5-10-19-14-15-20(13-6-4-2)21(17-19)16-18-11-8-7-9-12-18;2-1(3,4)5/h7-9,11-12,14-15,17H,3-6,10,13,16H2,1-2H3;/q+1;-1. The van der Waals surface area contributed by atoms with Crippen LogP contribution in [-0.2, 0) is 19.4 Å². The maximum atomic E-state index is 9.75. The van der Waals surface area contributed by atoms with Gasteiger partial charge < -0.3 is 17.3 Å². The zero-order chi connectivity index (χ0) is 19.4. The molecule has 144 valence electrons. The highest BCUT2D eigenvalue weighted by Gasteiger charge is 2.20. The van der Waals surface area contributed by atoms with Gasteiger partial charge in [-0.3, -0.25) is 0 Å². The van der Waals surface area contributed by atoms with Gasteiger partial charge >= 0.3 is 7.25 Å². The minimum absolute atomic E-state index is 0.986. The Morgan fingerprint density at radius 1 is 0.769 bits per heavy atom. The Balaban J connectivity index is 0.000000597. The maximum absolute atomic E-state index is 9.75. The van der Waals surface area contributed by atoms with Crippen LogP contribution < -0.4 is 4.57 Å². The third-order valence-corrected chi connectivity index (χ3v) is 3.98. The summed E-state index contributed by atoms with van der Waals surface area (Å²) in [6, 6.07) is 15.4. The molecule has 0 aliphatic carbocycles. The molecule has 0 atom stereocenters. The molecule has 0 fully saturated rings. The molecule has 0 saturated carbocycles. The molecule has 0 radical (unpaired) electrons. The third kappa shape index (κ3) is 10.2. The normalized spacial score (nSPS) is 11.0. The van der Waals surface area contributed by atoms with E-state index in [1.54, 1.807) is 0 Å². The van der Waals surface area contributed by atoms with Gasteiger partial charge in [0.05, 0.1) is 0 Å². The lowest BCUT2D eigenvalue weighted by atomic mass is 10.1. The molecular weight excluding hydrogens is 341 g/mol. The van der Waals surface area contributed by atoms with Crippen LogP contribution in [0.3, 0.4) is 0 Å². The number of benzene rings is 1. The second-order valence-corrected chi connectivity index (χ2v) is 6.34. The van der Waals surface area contributed by atoms with Crippen LogP contribution in [0.25, 0.3) is 0 Å². The number of aromatic nitrogens is 1. The first-order chi connectivity index (χ1) is 12.3. The maximum Gasteiger partial charge on any atom is 0.673 e. The van der Waals surface area contributed by atoms with Crippen molar-refractivity contribution >= 4 is 7.25 Å². The van der Waals surface area contributed by atoms with Crippen molar-refractivity contribution in [1.29, 1.82) is 0 Å². The summed E-state index contributed by atoms with van der Waals surface area (Å²) in [5.74, 6) is 0. The Kier molecular flexibility index (Phi) is 10.00. The molecule has 0 saturated heterocycles. The van der Waals surface area contributed by atoms with Crippen LogP contribution in [0.15, 0.2) is 48.7 Å². The predicted octanol–water partition coefficient (Wildman–Crippen LogP) is 6.01. The van der Waals surface area contributed by atoms with Crippen molar-refractivity contribution in [3.63, 3.8) is 0 Å². The van der Waals surface area contributed by atoms with Gasteiger partial charge in [-0.05, 0) is 25.3 Å². The molecule has 0 amide bonds. The molecule has 26 heavy (non-hydrogen) atoms. The van der Waals surface area contributed by atoms with Crippen LogP contribution in [0.5, 0.6) is 0 Å². The highest BCUT2D eigenvalue weighted by atomic mass is 19.5. The first-order valence-corrected chi connectivity index (χ1v) is 9.26. The Labute approximate surface area is 154 Å². The summed E-state index contributed by atoms with van der Waals surface area (Å²) >= 11 is 0. The number of hydrogen-bond donors (Lipinski definition) is 0. The van der Waals surface area contributed by atoms with Gasteiger partial charge in [0.15, 0.2) is 18.4 Å². The van der Waals surface area contributed by atoms with Gasteiger partial charge in [0.1, 0.15) is 0 Å². The molecule has 0 N–H and O–H groups in total. The average Bonchev–Trinajstić information content (AvgIpc) is 2.58. The van der Waals surface area contributed by atoms with E-state index in [1.807, 2.05) is 0 Å². The predicted molar refractivity (Wildman–Crippen MR) is 99.6 cm³/mol. The summed E-state index contributed by atoms with van der Waals surface area (Å²) in [6.07, 6.45) is 9.80. The fourth-order valence-electron chi connectivity index (χ4n) is 2.67. The molecule has 2 aromatic rings. The van der Waals surface area contributed by atoms with Crippen LogP contribution in [0.4, 0.5) is 17.3 Å². The topological polar surface area (TPSA) is 3.88 Å². The Morgan fingerprint density at radius 3 is 1.92 bits per heavy atom. The largest absolute Gasteiger partial charge is 0.673 e. The Bertz CT molecular complexity index is 623. The van der Waals surface area contributed by atoms with E-state index in [0.29, 0.717) is 0 Å². The van der Waals surface area contributed by atoms with Crippen molar-refractivity contribution in [1.82, 2.24) is 0 Å². The molecule has 0 bridgehead atoms. The molecule has 0 spiro atoms. The number of pyridine rings is 1. The quantitative estimate of drug-likeness (QED) is 0.305. The number of aryl methyl sites for hydroxylation is 2. The summed E-state index contributed by atoms with van der Waals surface area (Å²) in [6.45, 7) is 5.50. The zero-order valence-corrected chi connectivity index (χ0v) is 15.6. The van der Waals surface area contributed by atoms with Crippen LogP contribution in [0.2, 0.25) is 0 Å². The van der Waals surface area contributed by atoms with Gasteiger partial charge in [0.2, 0.25) is 0 Å². The summed E-state index contributed by atoms with van der Waals surface area (Å²) in [5.41, 5.74) is 4.31. The molecular formula is C20H28BF4N. The third-order valence-electron chi connectivity index (χ3n) is 3.98. The lowest BCUT2D eigenvalue weighted by Gasteiger charge is -2.07. The van der Waals surface area contributed by atoms with Gasteiger partial charge in [-0.25, -0.2) is 0 Å². The highest BCUT2D eigenvalue weighted by molar-refractivity contribution is 6.50. The first kappa shape index (κ1) is 22.2. The van der Waals surface area contributed by atoms with Gasteiger partial charge in [0, 0.05) is 23.6 Å². The van der Waals surface area contributed by atoms with Crippen molar-refractivity contribution < 1.29 is 21.8 Å². The van der Waals surface area contributed by atoms with E-state index in [1.165, 1.54) is 55.3 Å². The van der Waals surface area contributed by atoms with Gasteiger partial charge in [0.25, 0.3) is 0 Å². The fraction of sp³-hybridized carbons (Fsp3) is 0.450. The Hall–Kier alpha value is -1.85. The van der Waals surface area contributed by atoms with Crippen molar-refractivity contribution in [2.45, 2.75) is 58.9 Å². The van der Waals surface area contributed by atoms with Crippen molar-refractivity contribution in [3.8, 4) is 0 Å². The van der Waals surface area contributed by atoms with Gasteiger partial charge in [-0.2, -0.15) is 4.57 Å². The molecule has 1 heterocycles. The van der Waals surface area contributed by atoms with E-state index in [4.69, 9.17) is 0 Å². The zero-order valence-electron chi connectivity index (χ0n) is 15.6. The lowest BCUT2D eigenvalue weighted by molar-refractivity contribution is -0.696. The molecule has 0 unspecified atom stereocenters. The monoisotopic (exact) mass is 369 g/mol. The summed E-state index contributed by atoms with van der Waals surface area (Å²) in [5, 5.41) is 0. The van der Waals surface area contributed by atoms with Gasteiger partial charge in [-0.15, -0.1) is 0 Å².